The van der Waals surface area contributed by atoms with Crippen molar-refractivity contribution in [2.24, 2.45) is 0 Å². The number of rotatable bonds is 3. The highest BCUT2D eigenvalue weighted by atomic mass is 19.1. The van der Waals surface area contributed by atoms with Gasteiger partial charge in [-0.15, -0.1) is 0 Å². The van der Waals surface area contributed by atoms with E-state index in [4.69, 9.17) is 10.5 Å². The minimum Gasteiger partial charge on any atom is -0.435 e. The highest BCUT2D eigenvalue weighted by molar-refractivity contribution is 5.46. The lowest BCUT2D eigenvalue weighted by Crippen LogP contribution is -2.04. The number of halogens is 1. The van der Waals surface area contributed by atoms with Crippen molar-refractivity contribution >= 4 is 5.82 Å². The van der Waals surface area contributed by atoms with Crippen LogP contribution in [-0.2, 0) is 6.42 Å². The second-order valence-corrected chi connectivity index (χ2v) is 3.84. The summed E-state index contributed by atoms with van der Waals surface area (Å²) >= 11 is 0. The van der Waals surface area contributed by atoms with Crippen LogP contribution in [0, 0.1) is 12.7 Å². The number of nitrogens with two attached hydrogens (primary N) is 1. The number of nitrogens with zero attached hydrogens (tertiary/aromatic N) is 2. The highest BCUT2D eigenvalue weighted by Gasteiger charge is 2.11. The van der Waals surface area contributed by atoms with Gasteiger partial charge in [0.2, 0.25) is 5.88 Å². The van der Waals surface area contributed by atoms with E-state index in [1.54, 1.807) is 25.1 Å². The summed E-state index contributed by atoms with van der Waals surface area (Å²) in [5.74, 6) is 0.912. The molecule has 0 amide bonds. The second-order valence-electron chi connectivity index (χ2n) is 3.84. The van der Waals surface area contributed by atoms with Crippen LogP contribution in [0.2, 0.25) is 0 Å². The molecule has 0 radical (unpaired) electrons. The Kier molecular flexibility index (Phi) is 3.41. The van der Waals surface area contributed by atoms with E-state index in [1.165, 1.54) is 6.07 Å². The third-order valence-electron chi connectivity index (χ3n) is 2.54. The Morgan fingerprint density at radius 2 is 2.00 bits per heavy atom. The first kappa shape index (κ1) is 12.3. The molecule has 1 aromatic heterocycles. The van der Waals surface area contributed by atoms with Crippen molar-refractivity contribution < 1.29 is 9.13 Å². The number of aromatic nitrogens is 2. The monoisotopic (exact) mass is 247 g/mol. The van der Waals surface area contributed by atoms with Crippen molar-refractivity contribution in [1.82, 2.24) is 9.97 Å². The number of ether oxygens (including phenoxy) is 1. The Labute approximate surface area is 105 Å². The summed E-state index contributed by atoms with van der Waals surface area (Å²) < 4.78 is 18.9. The lowest BCUT2D eigenvalue weighted by Gasteiger charge is -2.10. The zero-order valence-electron chi connectivity index (χ0n) is 10.3. The fourth-order valence-electron chi connectivity index (χ4n) is 1.45. The van der Waals surface area contributed by atoms with Crippen molar-refractivity contribution in [3.05, 3.63) is 41.5 Å². The van der Waals surface area contributed by atoms with Crippen molar-refractivity contribution in [3.63, 3.8) is 0 Å². The molecule has 0 atom stereocenters. The molecule has 1 heterocycles. The fourth-order valence-corrected chi connectivity index (χ4v) is 1.45. The second kappa shape index (κ2) is 5.00. The van der Waals surface area contributed by atoms with Gasteiger partial charge < -0.3 is 10.5 Å². The first-order valence-electron chi connectivity index (χ1n) is 5.67. The van der Waals surface area contributed by atoms with Gasteiger partial charge >= 0.3 is 0 Å². The van der Waals surface area contributed by atoms with Crippen LogP contribution in [0.5, 0.6) is 11.6 Å². The maximum Gasteiger partial charge on any atom is 0.227 e. The summed E-state index contributed by atoms with van der Waals surface area (Å²) in [5.41, 5.74) is 6.37. The number of aryl methyl sites for hydroxylation is 1. The summed E-state index contributed by atoms with van der Waals surface area (Å²) in [6.07, 6.45) is 0.637. The molecule has 0 aliphatic carbocycles. The predicted molar refractivity (Wildman–Crippen MR) is 67.0 cm³/mol. The van der Waals surface area contributed by atoms with Gasteiger partial charge in [0.1, 0.15) is 11.6 Å². The molecule has 0 saturated carbocycles. The molecular formula is C13H14FN3O. The zero-order valence-corrected chi connectivity index (χ0v) is 10.3. The van der Waals surface area contributed by atoms with E-state index in [9.17, 15) is 4.39 Å². The van der Waals surface area contributed by atoms with E-state index in [0.717, 1.165) is 0 Å². The Balaban J connectivity index is 2.40. The van der Waals surface area contributed by atoms with Gasteiger partial charge in [0, 0.05) is 6.42 Å². The molecule has 2 rings (SSSR count). The Morgan fingerprint density at radius 3 is 2.67 bits per heavy atom. The molecule has 0 saturated heterocycles. The van der Waals surface area contributed by atoms with Crippen molar-refractivity contribution in [1.29, 1.82) is 0 Å². The predicted octanol–water partition coefficient (Wildman–Crippen LogP) is 2.86. The van der Waals surface area contributed by atoms with E-state index in [-0.39, 0.29) is 5.75 Å². The number of anilines is 1. The lowest BCUT2D eigenvalue weighted by molar-refractivity contribution is 0.422. The van der Waals surface area contributed by atoms with Crippen LogP contribution in [0.15, 0.2) is 24.3 Å². The third-order valence-corrected chi connectivity index (χ3v) is 2.54. The van der Waals surface area contributed by atoms with Crippen molar-refractivity contribution in [2.45, 2.75) is 20.3 Å². The van der Waals surface area contributed by atoms with Gasteiger partial charge in [-0.2, -0.15) is 4.98 Å². The maximum atomic E-state index is 13.5. The summed E-state index contributed by atoms with van der Waals surface area (Å²) in [7, 11) is 0. The third kappa shape index (κ3) is 2.40. The minimum atomic E-state index is -0.438. The molecule has 0 aliphatic heterocycles. The Morgan fingerprint density at radius 1 is 1.28 bits per heavy atom. The first-order valence-corrected chi connectivity index (χ1v) is 5.67. The Hall–Kier alpha value is -2.17. The average molecular weight is 247 g/mol. The molecule has 4 nitrogen and oxygen atoms in total. The SMILES string of the molecule is CCc1nc(N)c(C)c(Oc2ccccc2F)n1. The van der Waals surface area contributed by atoms with Crippen LogP contribution in [-0.4, -0.2) is 9.97 Å². The molecule has 5 heteroatoms. The standard InChI is InChI=1S/C13H14FN3O/c1-3-11-16-12(15)8(2)13(17-11)18-10-7-5-4-6-9(10)14/h4-7H,3H2,1-2H3,(H2,15,16,17). The van der Waals surface area contributed by atoms with Gasteiger partial charge in [0.05, 0.1) is 5.56 Å². The van der Waals surface area contributed by atoms with Crippen LogP contribution in [0.1, 0.15) is 18.3 Å². The molecular weight excluding hydrogens is 233 g/mol. The molecule has 0 aliphatic rings. The van der Waals surface area contributed by atoms with Gasteiger partial charge in [0.25, 0.3) is 0 Å². The minimum absolute atomic E-state index is 0.126. The molecule has 1 aromatic carbocycles. The normalized spacial score (nSPS) is 10.4. The molecule has 0 spiro atoms. The van der Waals surface area contributed by atoms with Crippen molar-refractivity contribution in [2.75, 3.05) is 5.73 Å². The van der Waals surface area contributed by atoms with Gasteiger partial charge in [-0.3, -0.25) is 0 Å². The number of hydrogen-bond acceptors (Lipinski definition) is 4. The molecule has 0 fully saturated rings. The number of nitrogen functional groups attached to an aromatic ring is 1. The molecule has 0 bridgehead atoms. The Bertz CT molecular complexity index is 572. The maximum absolute atomic E-state index is 13.5. The van der Waals surface area contributed by atoms with Crippen LogP contribution in [0.3, 0.4) is 0 Å². The number of hydrogen-bond donors (Lipinski definition) is 1. The van der Waals surface area contributed by atoms with Crippen LogP contribution in [0.4, 0.5) is 10.2 Å². The zero-order chi connectivity index (χ0) is 13.1. The largest absolute Gasteiger partial charge is 0.435 e. The van der Waals surface area contributed by atoms with Crippen LogP contribution < -0.4 is 10.5 Å². The van der Waals surface area contributed by atoms with Crippen LogP contribution >= 0.6 is 0 Å². The smallest absolute Gasteiger partial charge is 0.227 e. The molecule has 0 unspecified atom stereocenters. The fraction of sp³-hybridized carbons (Fsp3) is 0.231. The average Bonchev–Trinajstić information content (AvgIpc) is 2.37. The molecule has 2 aromatic rings. The van der Waals surface area contributed by atoms with E-state index in [2.05, 4.69) is 9.97 Å². The molecule has 18 heavy (non-hydrogen) atoms. The summed E-state index contributed by atoms with van der Waals surface area (Å²) in [5, 5.41) is 0. The molecule has 94 valence electrons. The number of para-hydroxylation sites is 1. The quantitative estimate of drug-likeness (QED) is 0.905. The van der Waals surface area contributed by atoms with Crippen molar-refractivity contribution in [3.8, 4) is 11.6 Å². The number of benzene rings is 1. The van der Waals surface area contributed by atoms with E-state index in [1.807, 2.05) is 6.92 Å². The first-order chi connectivity index (χ1) is 8.61. The van der Waals surface area contributed by atoms with E-state index in [0.29, 0.717) is 29.5 Å². The van der Waals surface area contributed by atoms with E-state index < -0.39 is 5.82 Å². The highest BCUT2D eigenvalue weighted by Crippen LogP contribution is 2.27. The summed E-state index contributed by atoms with van der Waals surface area (Å²) in [6, 6.07) is 6.16. The summed E-state index contributed by atoms with van der Waals surface area (Å²) in [4.78, 5) is 8.32. The van der Waals surface area contributed by atoms with Gasteiger partial charge in [-0.25, -0.2) is 9.37 Å². The topological polar surface area (TPSA) is 61.0 Å². The van der Waals surface area contributed by atoms with Gasteiger partial charge in [0.15, 0.2) is 11.6 Å². The summed E-state index contributed by atoms with van der Waals surface area (Å²) in [6.45, 7) is 3.65. The van der Waals surface area contributed by atoms with Gasteiger partial charge in [-0.1, -0.05) is 19.1 Å². The van der Waals surface area contributed by atoms with Crippen LogP contribution in [0.25, 0.3) is 0 Å². The van der Waals surface area contributed by atoms with Gasteiger partial charge in [-0.05, 0) is 19.1 Å². The lowest BCUT2D eigenvalue weighted by atomic mass is 10.3. The van der Waals surface area contributed by atoms with E-state index >= 15 is 0 Å². The molecule has 2 N–H and O–H groups in total.